The third kappa shape index (κ3) is 4.58. The van der Waals surface area contributed by atoms with Crippen molar-refractivity contribution in [3.05, 3.63) is 70.7 Å². The molecule has 2 aromatic carbocycles. The zero-order chi connectivity index (χ0) is 17.6. The monoisotopic (exact) mass is 353 g/mol. The van der Waals surface area contributed by atoms with Gasteiger partial charge in [-0.2, -0.15) is 0 Å². The molecule has 0 aliphatic heterocycles. The van der Waals surface area contributed by atoms with E-state index in [-0.39, 0.29) is 6.03 Å². The molecule has 5 nitrogen and oxygen atoms in total. The van der Waals surface area contributed by atoms with Crippen LogP contribution in [0.3, 0.4) is 0 Å². The van der Waals surface area contributed by atoms with Crippen LogP contribution in [0.5, 0.6) is 11.5 Å². The maximum Gasteiger partial charge on any atom is 0.322 e. The molecule has 1 heterocycles. The summed E-state index contributed by atoms with van der Waals surface area (Å²) in [5.41, 5.74) is 0.628. The first-order valence-electron chi connectivity index (χ1n) is 7.87. The molecule has 0 atom stereocenters. The number of nitrogens with zero attached hydrogens (tertiary/aromatic N) is 2. The molecule has 0 fully saturated rings. The number of aromatic nitrogens is 1. The van der Waals surface area contributed by atoms with Gasteiger partial charge in [-0.25, -0.2) is 9.78 Å². The van der Waals surface area contributed by atoms with Crippen molar-refractivity contribution >= 4 is 23.1 Å². The van der Waals surface area contributed by atoms with Gasteiger partial charge in [-0.15, -0.1) is 11.3 Å². The first kappa shape index (κ1) is 17.0. The minimum Gasteiger partial charge on any atom is -0.455 e. The Kier molecular flexibility index (Phi) is 5.30. The average molecular weight is 353 g/mol. The fourth-order valence-corrected chi connectivity index (χ4v) is 3.12. The van der Waals surface area contributed by atoms with E-state index in [0.717, 1.165) is 15.6 Å². The maximum absolute atomic E-state index is 12.5. The Morgan fingerprint density at radius 1 is 1.16 bits per heavy atom. The number of anilines is 1. The molecule has 3 rings (SSSR count). The molecule has 0 aliphatic rings. The number of benzene rings is 2. The van der Waals surface area contributed by atoms with E-state index in [4.69, 9.17) is 4.74 Å². The van der Waals surface area contributed by atoms with E-state index >= 15 is 0 Å². The van der Waals surface area contributed by atoms with E-state index in [1.165, 1.54) is 0 Å². The van der Waals surface area contributed by atoms with Crippen molar-refractivity contribution in [2.24, 2.45) is 0 Å². The van der Waals surface area contributed by atoms with Crippen molar-refractivity contribution in [3.63, 3.8) is 0 Å². The van der Waals surface area contributed by atoms with Crippen LogP contribution < -0.4 is 10.1 Å². The largest absolute Gasteiger partial charge is 0.455 e. The van der Waals surface area contributed by atoms with E-state index in [0.29, 0.717) is 18.0 Å². The highest BCUT2D eigenvalue weighted by Crippen LogP contribution is 2.29. The number of ether oxygens (including phenoxy) is 1. The number of carbonyl (C=O) groups excluding carboxylic acids is 1. The van der Waals surface area contributed by atoms with Gasteiger partial charge in [-0.3, -0.25) is 0 Å². The lowest BCUT2D eigenvalue weighted by atomic mass is 10.3. The molecule has 128 valence electrons. The molecule has 0 spiro atoms. The van der Waals surface area contributed by atoms with Crippen LogP contribution in [0.4, 0.5) is 10.5 Å². The molecule has 1 aromatic heterocycles. The van der Waals surface area contributed by atoms with Crippen molar-refractivity contribution in [3.8, 4) is 11.5 Å². The fraction of sp³-hybridized carbons (Fsp3) is 0.158. The Morgan fingerprint density at radius 3 is 2.60 bits per heavy atom. The van der Waals surface area contributed by atoms with Gasteiger partial charge in [0.15, 0.2) is 5.75 Å². The van der Waals surface area contributed by atoms with Gasteiger partial charge in [0.05, 0.1) is 17.2 Å². The van der Waals surface area contributed by atoms with E-state index < -0.39 is 0 Å². The fourth-order valence-electron chi connectivity index (χ4n) is 2.27. The van der Waals surface area contributed by atoms with Crippen LogP contribution in [-0.2, 0) is 6.54 Å². The number of rotatable bonds is 5. The second kappa shape index (κ2) is 7.81. The van der Waals surface area contributed by atoms with Crippen molar-refractivity contribution in [1.82, 2.24) is 9.88 Å². The quantitative estimate of drug-likeness (QED) is 0.709. The van der Waals surface area contributed by atoms with Crippen LogP contribution in [-0.4, -0.2) is 23.0 Å². The second-order valence-corrected chi connectivity index (χ2v) is 6.86. The second-order valence-electron chi connectivity index (χ2n) is 5.54. The molecule has 0 aliphatic carbocycles. The van der Waals surface area contributed by atoms with E-state index in [1.54, 1.807) is 29.5 Å². The molecule has 3 aromatic rings. The Hall–Kier alpha value is -2.86. The normalized spacial score (nSPS) is 10.3. The topological polar surface area (TPSA) is 54.5 Å². The van der Waals surface area contributed by atoms with E-state index in [2.05, 4.69) is 10.3 Å². The number of carbonyl (C=O) groups is 1. The number of para-hydroxylation sites is 3. The first-order valence-corrected chi connectivity index (χ1v) is 8.69. The summed E-state index contributed by atoms with van der Waals surface area (Å²) in [6, 6.07) is 16.7. The summed E-state index contributed by atoms with van der Waals surface area (Å²) in [6.45, 7) is 2.46. The van der Waals surface area contributed by atoms with Crippen molar-refractivity contribution in [2.45, 2.75) is 13.5 Å². The number of nitrogens with one attached hydrogen (secondary N) is 1. The van der Waals surface area contributed by atoms with Crippen molar-refractivity contribution in [2.75, 3.05) is 12.4 Å². The smallest absolute Gasteiger partial charge is 0.322 e. The van der Waals surface area contributed by atoms with Gasteiger partial charge in [-0.1, -0.05) is 30.3 Å². The Morgan fingerprint density at radius 2 is 1.88 bits per heavy atom. The van der Waals surface area contributed by atoms with Crippen molar-refractivity contribution < 1.29 is 9.53 Å². The Balaban J connectivity index is 1.68. The summed E-state index contributed by atoms with van der Waals surface area (Å²) >= 11 is 1.59. The minimum absolute atomic E-state index is 0.199. The summed E-state index contributed by atoms with van der Waals surface area (Å²) in [6.07, 6.45) is 1.80. The lowest BCUT2D eigenvalue weighted by molar-refractivity contribution is 0.221. The minimum atomic E-state index is -0.199. The van der Waals surface area contributed by atoms with Gasteiger partial charge in [0.25, 0.3) is 0 Å². The Labute approximate surface area is 150 Å². The third-order valence-electron chi connectivity index (χ3n) is 3.51. The van der Waals surface area contributed by atoms with Gasteiger partial charge in [0.2, 0.25) is 0 Å². The summed E-state index contributed by atoms with van der Waals surface area (Å²) in [5, 5.41) is 3.89. The van der Waals surface area contributed by atoms with Crippen LogP contribution in [0.25, 0.3) is 0 Å². The molecular formula is C19H19N3O2S. The van der Waals surface area contributed by atoms with Crippen LogP contribution in [0, 0.1) is 6.92 Å². The highest BCUT2D eigenvalue weighted by molar-refractivity contribution is 7.11. The van der Waals surface area contributed by atoms with Crippen LogP contribution >= 0.6 is 11.3 Å². The molecule has 0 radical (unpaired) electrons. The van der Waals surface area contributed by atoms with Crippen LogP contribution in [0.15, 0.2) is 60.8 Å². The number of aryl methyl sites for hydroxylation is 1. The molecule has 25 heavy (non-hydrogen) atoms. The molecule has 6 heteroatoms. The van der Waals surface area contributed by atoms with E-state index in [1.807, 2.05) is 61.5 Å². The number of hydrogen-bond donors (Lipinski definition) is 1. The van der Waals surface area contributed by atoms with Gasteiger partial charge in [0, 0.05) is 18.1 Å². The molecule has 0 bridgehead atoms. The zero-order valence-corrected chi connectivity index (χ0v) is 14.9. The number of hydrogen-bond acceptors (Lipinski definition) is 4. The van der Waals surface area contributed by atoms with E-state index in [9.17, 15) is 4.79 Å². The summed E-state index contributed by atoms with van der Waals surface area (Å²) in [4.78, 5) is 19.3. The van der Waals surface area contributed by atoms with Gasteiger partial charge in [0.1, 0.15) is 5.75 Å². The Bertz CT molecular complexity index is 849. The SMILES string of the molecule is Cc1ncc(CN(C)C(=O)Nc2ccccc2Oc2ccccc2)s1. The molecule has 0 saturated heterocycles. The van der Waals surface area contributed by atoms with Crippen LogP contribution in [0.1, 0.15) is 9.88 Å². The lowest BCUT2D eigenvalue weighted by Crippen LogP contribution is -2.30. The van der Waals surface area contributed by atoms with Crippen LogP contribution in [0.2, 0.25) is 0 Å². The standard InChI is InChI=1S/C19H19N3O2S/c1-14-20-12-16(25-14)13-22(2)19(23)21-17-10-6-7-11-18(17)24-15-8-4-3-5-9-15/h3-12H,13H2,1-2H3,(H,21,23). The molecule has 0 unspecified atom stereocenters. The molecular weight excluding hydrogens is 334 g/mol. The number of amides is 2. The average Bonchev–Trinajstić information content (AvgIpc) is 3.02. The van der Waals surface area contributed by atoms with Gasteiger partial charge < -0.3 is 15.0 Å². The third-order valence-corrected chi connectivity index (χ3v) is 4.41. The number of thiazole rings is 1. The maximum atomic E-state index is 12.5. The van der Waals surface area contributed by atoms with Crippen molar-refractivity contribution in [1.29, 1.82) is 0 Å². The predicted molar refractivity (Wildman–Crippen MR) is 100 cm³/mol. The highest BCUT2D eigenvalue weighted by Gasteiger charge is 2.13. The zero-order valence-electron chi connectivity index (χ0n) is 14.1. The molecule has 1 N–H and O–H groups in total. The lowest BCUT2D eigenvalue weighted by Gasteiger charge is -2.18. The predicted octanol–water partition coefficient (Wildman–Crippen LogP) is 4.91. The highest BCUT2D eigenvalue weighted by atomic mass is 32.1. The van der Waals surface area contributed by atoms with Gasteiger partial charge in [-0.05, 0) is 31.2 Å². The summed E-state index contributed by atoms with van der Waals surface area (Å²) < 4.78 is 5.87. The molecule has 2 amide bonds. The first-order chi connectivity index (χ1) is 12.1. The number of urea groups is 1. The summed E-state index contributed by atoms with van der Waals surface area (Å²) in [7, 11) is 1.76. The summed E-state index contributed by atoms with van der Waals surface area (Å²) in [5.74, 6) is 1.32. The molecule has 0 saturated carbocycles. The van der Waals surface area contributed by atoms with Gasteiger partial charge >= 0.3 is 6.03 Å².